The van der Waals surface area contributed by atoms with Gasteiger partial charge in [-0.25, -0.2) is 0 Å². The van der Waals surface area contributed by atoms with Crippen LogP contribution in [-0.2, 0) is 11.2 Å². The van der Waals surface area contributed by atoms with Gasteiger partial charge in [0, 0.05) is 45.3 Å². The minimum atomic E-state index is 0.394. The molecule has 27 heavy (non-hydrogen) atoms. The molecular formula is C22H34N4O. The Hall–Kier alpha value is -1.59. The molecule has 148 valence electrons. The van der Waals surface area contributed by atoms with Crippen LogP contribution in [0.15, 0.2) is 35.3 Å². The first kappa shape index (κ1) is 18.8. The zero-order chi connectivity index (χ0) is 18.5. The Bertz CT molecular complexity index is 622. The summed E-state index contributed by atoms with van der Waals surface area (Å²) < 4.78 is 5.51. The Morgan fingerprint density at radius 3 is 2.67 bits per heavy atom. The van der Waals surface area contributed by atoms with Gasteiger partial charge in [0.25, 0.3) is 0 Å². The quantitative estimate of drug-likeness (QED) is 0.617. The molecule has 2 saturated heterocycles. The highest BCUT2D eigenvalue weighted by Crippen LogP contribution is 2.48. The molecule has 0 bridgehead atoms. The lowest BCUT2D eigenvalue weighted by molar-refractivity contribution is 0.0195. The van der Waals surface area contributed by atoms with Gasteiger partial charge in [-0.3, -0.25) is 9.89 Å². The van der Waals surface area contributed by atoms with E-state index < -0.39 is 0 Å². The van der Waals surface area contributed by atoms with Gasteiger partial charge >= 0.3 is 0 Å². The van der Waals surface area contributed by atoms with E-state index in [1.54, 1.807) is 0 Å². The highest BCUT2D eigenvalue weighted by atomic mass is 16.5. The summed E-state index contributed by atoms with van der Waals surface area (Å²) in [5.41, 5.74) is 1.84. The maximum Gasteiger partial charge on any atom is 0.193 e. The van der Waals surface area contributed by atoms with E-state index in [-0.39, 0.29) is 0 Å². The van der Waals surface area contributed by atoms with E-state index in [0.29, 0.717) is 11.5 Å². The number of rotatable bonds is 6. The van der Waals surface area contributed by atoms with Gasteiger partial charge in [-0.1, -0.05) is 30.3 Å². The zero-order valence-corrected chi connectivity index (χ0v) is 16.7. The Kier molecular flexibility index (Phi) is 5.98. The molecule has 0 spiro atoms. The molecule has 1 N–H and O–H groups in total. The molecule has 5 nitrogen and oxygen atoms in total. The summed E-state index contributed by atoms with van der Waals surface area (Å²) in [5.74, 6) is 1.12. The second-order valence-corrected chi connectivity index (χ2v) is 8.37. The average Bonchev–Trinajstić information content (AvgIpc) is 3.29. The van der Waals surface area contributed by atoms with Gasteiger partial charge in [0.2, 0.25) is 0 Å². The number of ether oxygens (including phenoxy) is 1. The molecule has 1 aromatic rings. The predicted octanol–water partition coefficient (Wildman–Crippen LogP) is 2.38. The van der Waals surface area contributed by atoms with E-state index in [0.717, 1.165) is 64.9 Å². The van der Waals surface area contributed by atoms with Crippen molar-refractivity contribution in [3.05, 3.63) is 35.9 Å². The molecular weight excluding hydrogens is 336 g/mol. The number of nitrogens with zero attached hydrogens (tertiary/aromatic N) is 3. The molecule has 1 aliphatic carbocycles. The van der Waals surface area contributed by atoms with E-state index in [1.165, 1.54) is 24.8 Å². The highest BCUT2D eigenvalue weighted by Gasteiger charge is 2.42. The minimum Gasteiger partial charge on any atom is -0.379 e. The summed E-state index contributed by atoms with van der Waals surface area (Å²) in [6.45, 7) is 10.2. The second kappa shape index (κ2) is 8.61. The number of guanidine groups is 1. The lowest BCUT2D eigenvalue weighted by Crippen LogP contribution is -2.46. The maximum atomic E-state index is 5.51. The number of likely N-dealkylation sites (tertiary alicyclic amines) is 1. The van der Waals surface area contributed by atoms with Crippen LogP contribution in [0.4, 0.5) is 0 Å². The van der Waals surface area contributed by atoms with Gasteiger partial charge in [-0.05, 0) is 43.6 Å². The molecule has 2 heterocycles. The predicted molar refractivity (Wildman–Crippen MR) is 110 cm³/mol. The first-order valence-corrected chi connectivity index (χ1v) is 10.7. The Labute approximate surface area is 163 Å². The summed E-state index contributed by atoms with van der Waals surface area (Å²) in [6, 6.07) is 11.5. The molecule has 5 heteroatoms. The van der Waals surface area contributed by atoms with Gasteiger partial charge in [-0.15, -0.1) is 0 Å². The lowest BCUT2D eigenvalue weighted by Gasteiger charge is -2.32. The number of nitrogens with one attached hydrogen (secondary N) is 1. The van der Waals surface area contributed by atoms with Crippen molar-refractivity contribution in [2.75, 3.05) is 52.5 Å². The van der Waals surface area contributed by atoms with Crippen molar-refractivity contribution in [2.24, 2.45) is 10.4 Å². The summed E-state index contributed by atoms with van der Waals surface area (Å²) >= 11 is 0. The normalized spacial score (nSPS) is 25.6. The van der Waals surface area contributed by atoms with Crippen LogP contribution in [0.25, 0.3) is 0 Å². The van der Waals surface area contributed by atoms with Gasteiger partial charge in [0.15, 0.2) is 5.96 Å². The van der Waals surface area contributed by atoms with Gasteiger partial charge in [0.05, 0.1) is 13.2 Å². The van der Waals surface area contributed by atoms with Crippen molar-refractivity contribution in [1.29, 1.82) is 0 Å². The Morgan fingerprint density at radius 1 is 1.19 bits per heavy atom. The highest BCUT2D eigenvalue weighted by molar-refractivity contribution is 5.80. The third-order valence-electron chi connectivity index (χ3n) is 6.30. The Balaban J connectivity index is 1.36. The fraction of sp³-hybridized carbons (Fsp3) is 0.682. The number of hydrogen-bond acceptors (Lipinski definition) is 3. The van der Waals surface area contributed by atoms with Crippen molar-refractivity contribution < 1.29 is 4.74 Å². The van der Waals surface area contributed by atoms with Crippen LogP contribution in [0.3, 0.4) is 0 Å². The average molecular weight is 371 g/mol. The third-order valence-corrected chi connectivity index (χ3v) is 6.30. The van der Waals surface area contributed by atoms with E-state index in [4.69, 9.17) is 9.73 Å². The maximum absolute atomic E-state index is 5.51. The smallest absolute Gasteiger partial charge is 0.193 e. The van der Waals surface area contributed by atoms with E-state index in [9.17, 15) is 0 Å². The van der Waals surface area contributed by atoms with Crippen molar-refractivity contribution in [2.45, 2.75) is 38.6 Å². The van der Waals surface area contributed by atoms with E-state index in [1.807, 2.05) is 0 Å². The number of benzene rings is 1. The molecule has 1 atom stereocenters. The fourth-order valence-corrected chi connectivity index (χ4v) is 4.44. The third kappa shape index (κ3) is 4.82. The van der Waals surface area contributed by atoms with Crippen molar-refractivity contribution in [3.8, 4) is 0 Å². The van der Waals surface area contributed by atoms with Crippen LogP contribution in [-0.4, -0.2) is 74.3 Å². The van der Waals surface area contributed by atoms with E-state index in [2.05, 4.69) is 52.4 Å². The number of aliphatic imine (C=N–C) groups is 1. The minimum absolute atomic E-state index is 0.394. The largest absolute Gasteiger partial charge is 0.379 e. The van der Waals surface area contributed by atoms with Crippen molar-refractivity contribution in [1.82, 2.24) is 15.1 Å². The van der Waals surface area contributed by atoms with Gasteiger partial charge < -0.3 is 15.0 Å². The molecule has 4 rings (SSSR count). The number of morpholine rings is 1. The molecule has 0 radical (unpaired) electrons. The molecule has 0 aromatic heterocycles. The molecule has 1 unspecified atom stereocenters. The first-order valence-electron chi connectivity index (χ1n) is 10.7. The van der Waals surface area contributed by atoms with Gasteiger partial charge in [-0.2, -0.15) is 0 Å². The zero-order valence-electron chi connectivity index (χ0n) is 16.7. The van der Waals surface area contributed by atoms with Crippen LogP contribution in [0.5, 0.6) is 0 Å². The molecule has 1 aromatic carbocycles. The van der Waals surface area contributed by atoms with Crippen molar-refractivity contribution >= 4 is 5.96 Å². The molecule has 1 saturated carbocycles. The van der Waals surface area contributed by atoms with Crippen LogP contribution in [0.2, 0.25) is 0 Å². The van der Waals surface area contributed by atoms with Crippen LogP contribution >= 0.6 is 0 Å². The standard InChI is InChI=1S/C22H34N4O/c1-2-23-21(26-11-8-20(17-26)25-12-14-27-15-13-25)24-18-22(9-10-22)16-19-6-4-3-5-7-19/h3-7,20H,2,8-18H2,1H3,(H,23,24). The Morgan fingerprint density at radius 2 is 1.96 bits per heavy atom. The van der Waals surface area contributed by atoms with Crippen LogP contribution in [0.1, 0.15) is 31.7 Å². The summed E-state index contributed by atoms with van der Waals surface area (Å²) in [5, 5.41) is 3.54. The fourth-order valence-electron chi connectivity index (χ4n) is 4.44. The first-order chi connectivity index (χ1) is 13.3. The monoisotopic (exact) mass is 370 g/mol. The summed E-state index contributed by atoms with van der Waals surface area (Å²) in [7, 11) is 0. The number of hydrogen-bond donors (Lipinski definition) is 1. The van der Waals surface area contributed by atoms with Gasteiger partial charge in [0.1, 0.15) is 0 Å². The molecule has 3 aliphatic rings. The second-order valence-electron chi connectivity index (χ2n) is 8.37. The lowest BCUT2D eigenvalue weighted by atomic mass is 9.97. The van der Waals surface area contributed by atoms with Crippen molar-refractivity contribution in [3.63, 3.8) is 0 Å². The van der Waals surface area contributed by atoms with Crippen LogP contribution in [0, 0.1) is 5.41 Å². The summed E-state index contributed by atoms with van der Waals surface area (Å²) in [6.07, 6.45) is 5.01. The van der Waals surface area contributed by atoms with Crippen LogP contribution < -0.4 is 5.32 Å². The molecule has 3 fully saturated rings. The van der Waals surface area contributed by atoms with E-state index >= 15 is 0 Å². The molecule has 0 amide bonds. The summed E-state index contributed by atoms with van der Waals surface area (Å²) in [4.78, 5) is 10.2. The molecule has 2 aliphatic heterocycles. The SMILES string of the molecule is CCNC(=NCC1(Cc2ccccc2)CC1)N1CCC(N2CCOCC2)C1. The topological polar surface area (TPSA) is 40.1 Å².